The first-order chi connectivity index (χ1) is 13.1. The fourth-order valence-electron chi connectivity index (χ4n) is 3.06. The van der Waals surface area contributed by atoms with Crippen molar-refractivity contribution in [3.63, 3.8) is 0 Å². The summed E-state index contributed by atoms with van der Waals surface area (Å²) in [4.78, 5) is 16.2. The van der Waals surface area contributed by atoms with Gasteiger partial charge in [0.25, 0.3) is 0 Å². The molecule has 3 aromatic heterocycles. The third-order valence-electron chi connectivity index (χ3n) is 4.33. The van der Waals surface area contributed by atoms with Gasteiger partial charge in [-0.2, -0.15) is 5.26 Å². The van der Waals surface area contributed by atoms with Gasteiger partial charge in [-0.25, -0.2) is 23.7 Å². The Bertz CT molecular complexity index is 1050. The van der Waals surface area contributed by atoms with Gasteiger partial charge in [0, 0.05) is 35.8 Å². The predicted octanol–water partition coefficient (Wildman–Crippen LogP) is 3.15. The van der Waals surface area contributed by atoms with Crippen LogP contribution >= 0.6 is 0 Å². The van der Waals surface area contributed by atoms with Crippen molar-refractivity contribution in [1.29, 1.82) is 5.26 Å². The zero-order valence-corrected chi connectivity index (χ0v) is 14.1. The first-order valence-corrected chi connectivity index (χ1v) is 8.32. The molecular formula is C19H13F2N5O. The molecule has 1 aliphatic carbocycles. The molecule has 3 heterocycles. The lowest BCUT2D eigenvalue weighted by Crippen LogP contribution is -2.05. The second-order valence-corrected chi connectivity index (χ2v) is 6.06. The van der Waals surface area contributed by atoms with Gasteiger partial charge in [0.05, 0.1) is 6.20 Å². The Morgan fingerprint density at radius 1 is 1.07 bits per heavy atom. The second-order valence-electron chi connectivity index (χ2n) is 6.06. The standard InChI is InChI=1S/C19H13F2N5O/c20-12-4-15(21)17(23-9-12)10-27-19-5-14(13-2-1-3-16(13)26-19)11-7-24-18(6-22)25-8-11/h4-5,7-9H,1-3,10H2. The second kappa shape index (κ2) is 7.03. The zero-order valence-electron chi connectivity index (χ0n) is 14.1. The lowest BCUT2D eigenvalue weighted by molar-refractivity contribution is 0.281. The van der Waals surface area contributed by atoms with E-state index < -0.39 is 11.6 Å². The van der Waals surface area contributed by atoms with Crippen molar-refractivity contribution in [2.24, 2.45) is 0 Å². The highest BCUT2D eigenvalue weighted by Crippen LogP contribution is 2.33. The van der Waals surface area contributed by atoms with E-state index in [-0.39, 0.29) is 18.1 Å². The van der Waals surface area contributed by atoms with Crippen LogP contribution in [0.3, 0.4) is 0 Å². The molecule has 0 bridgehead atoms. The summed E-state index contributed by atoms with van der Waals surface area (Å²) < 4.78 is 32.3. The van der Waals surface area contributed by atoms with E-state index in [9.17, 15) is 8.78 Å². The summed E-state index contributed by atoms with van der Waals surface area (Å²) in [6, 6.07) is 4.40. The summed E-state index contributed by atoms with van der Waals surface area (Å²) in [5.74, 6) is -1.09. The molecule has 0 atom stereocenters. The van der Waals surface area contributed by atoms with Crippen LogP contribution in [0.1, 0.15) is 29.2 Å². The molecule has 3 aromatic rings. The average Bonchev–Trinajstić information content (AvgIpc) is 3.15. The van der Waals surface area contributed by atoms with Crippen LogP contribution in [0.25, 0.3) is 11.1 Å². The number of hydrogen-bond acceptors (Lipinski definition) is 6. The molecule has 0 saturated carbocycles. The fraction of sp³-hybridized carbons (Fsp3) is 0.211. The Kier molecular flexibility index (Phi) is 4.42. The summed E-state index contributed by atoms with van der Waals surface area (Å²) in [6.45, 7) is -0.165. The largest absolute Gasteiger partial charge is 0.471 e. The van der Waals surface area contributed by atoms with Crippen molar-refractivity contribution in [3.05, 3.63) is 65.1 Å². The molecule has 1 aliphatic rings. The molecule has 0 aliphatic heterocycles. The molecule has 8 heteroatoms. The first-order valence-electron chi connectivity index (χ1n) is 8.32. The third-order valence-corrected chi connectivity index (χ3v) is 4.33. The number of rotatable bonds is 4. The van der Waals surface area contributed by atoms with E-state index in [1.54, 1.807) is 18.5 Å². The van der Waals surface area contributed by atoms with Crippen molar-refractivity contribution in [2.45, 2.75) is 25.9 Å². The minimum absolute atomic E-state index is 0.00181. The van der Waals surface area contributed by atoms with Crippen LogP contribution in [-0.4, -0.2) is 19.9 Å². The highest BCUT2D eigenvalue weighted by Gasteiger charge is 2.20. The molecule has 134 valence electrons. The molecule has 4 rings (SSSR count). The van der Waals surface area contributed by atoms with Gasteiger partial charge >= 0.3 is 0 Å². The lowest BCUT2D eigenvalue weighted by Gasteiger charge is -2.12. The molecular weight excluding hydrogens is 352 g/mol. The molecule has 27 heavy (non-hydrogen) atoms. The monoisotopic (exact) mass is 365 g/mol. The van der Waals surface area contributed by atoms with E-state index in [0.29, 0.717) is 5.88 Å². The minimum Gasteiger partial charge on any atom is -0.471 e. The smallest absolute Gasteiger partial charge is 0.232 e. The van der Waals surface area contributed by atoms with Gasteiger partial charge in [-0.1, -0.05) is 0 Å². The maximum Gasteiger partial charge on any atom is 0.232 e. The Balaban J connectivity index is 1.65. The lowest BCUT2D eigenvalue weighted by atomic mass is 10.0. The van der Waals surface area contributed by atoms with E-state index in [1.165, 1.54) is 0 Å². The number of pyridine rings is 2. The van der Waals surface area contributed by atoms with Crippen LogP contribution in [-0.2, 0) is 19.4 Å². The van der Waals surface area contributed by atoms with Crippen molar-refractivity contribution < 1.29 is 13.5 Å². The third kappa shape index (κ3) is 3.44. The van der Waals surface area contributed by atoms with Crippen molar-refractivity contribution in [2.75, 3.05) is 0 Å². The van der Waals surface area contributed by atoms with Crippen LogP contribution in [0.15, 0.2) is 30.7 Å². The summed E-state index contributed by atoms with van der Waals surface area (Å²) in [7, 11) is 0. The molecule has 0 fully saturated rings. The number of hydrogen-bond donors (Lipinski definition) is 0. The number of halogens is 2. The number of nitrogens with zero attached hydrogens (tertiary/aromatic N) is 5. The molecule has 0 N–H and O–H groups in total. The van der Waals surface area contributed by atoms with Gasteiger partial charge in [0.1, 0.15) is 24.2 Å². The minimum atomic E-state index is -0.767. The van der Waals surface area contributed by atoms with E-state index in [4.69, 9.17) is 10.00 Å². The average molecular weight is 365 g/mol. The highest BCUT2D eigenvalue weighted by atomic mass is 19.1. The number of aryl methyl sites for hydroxylation is 1. The number of fused-ring (bicyclic) bond motifs is 1. The van der Waals surface area contributed by atoms with Gasteiger partial charge in [-0.3, -0.25) is 4.98 Å². The van der Waals surface area contributed by atoms with Crippen molar-refractivity contribution >= 4 is 0 Å². The Morgan fingerprint density at radius 3 is 2.63 bits per heavy atom. The Morgan fingerprint density at radius 2 is 1.89 bits per heavy atom. The number of nitriles is 1. The summed E-state index contributed by atoms with van der Waals surface area (Å²) in [5, 5.41) is 8.85. The maximum absolute atomic E-state index is 13.7. The van der Waals surface area contributed by atoms with Gasteiger partial charge in [-0.15, -0.1) is 0 Å². The SMILES string of the molecule is N#Cc1ncc(-c2cc(OCc3ncc(F)cc3F)nc3c2CCC3)cn1. The van der Waals surface area contributed by atoms with Crippen LogP contribution in [0.4, 0.5) is 8.78 Å². The molecule has 0 aromatic carbocycles. The van der Waals surface area contributed by atoms with Crippen LogP contribution in [0.5, 0.6) is 5.88 Å². The van der Waals surface area contributed by atoms with E-state index in [0.717, 1.165) is 53.9 Å². The predicted molar refractivity (Wildman–Crippen MR) is 90.5 cm³/mol. The van der Waals surface area contributed by atoms with Crippen LogP contribution < -0.4 is 4.74 Å². The van der Waals surface area contributed by atoms with Crippen molar-refractivity contribution in [1.82, 2.24) is 19.9 Å². The number of aromatic nitrogens is 4. The summed E-state index contributed by atoms with van der Waals surface area (Å²) in [6.07, 6.45) is 6.79. The number of ether oxygens (including phenoxy) is 1. The van der Waals surface area contributed by atoms with Gasteiger partial charge in [0.15, 0.2) is 5.82 Å². The van der Waals surface area contributed by atoms with E-state index in [1.807, 2.05) is 6.07 Å². The van der Waals surface area contributed by atoms with Gasteiger partial charge in [-0.05, 0) is 30.4 Å². The van der Waals surface area contributed by atoms with Crippen LogP contribution in [0.2, 0.25) is 0 Å². The molecule has 0 spiro atoms. The van der Waals surface area contributed by atoms with Crippen LogP contribution in [0, 0.1) is 23.0 Å². The van der Waals surface area contributed by atoms with Gasteiger partial charge in [0.2, 0.25) is 11.7 Å². The maximum atomic E-state index is 13.7. The molecule has 6 nitrogen and oxygen atoms in total. The fourth-order valence-corrected chi connectivity index (χ4v) is 3.06. The molecule has 0 saturated heterocycles. The molecule has 0 amide bonds. The van der Waals surface area contributed by atoms with E-state index >= 15 is 0 Å². The highest BCUT2D eigenvalue weighted by molar-refractivity contribution is 5.68. The summed E-state index contributed by atoms with van der Waals surface area (Å²) >= 11 is 0. The van der Waals surface area contributed by atoms with Crippen molar-refractivity contribution in [3.8, 4) is 23.1 Å². The normalized spacial score (nSPS) is 12.5. The Hall–Kier alpha value is -3.47. The molecule has 0 unspecified atom stereocenters. The van der Waals surface area contributed by atoms with E-state index in [2.05, 4.69) is 19.9 Å². The zero-order chi connectivity index (χ0) is 18.8. The topological polar surface area (TPSA) is 84.6 Å². The molecule has 0 radical (unpaired) electrons. The summed E-state index contributed by atoms with van der Waals surface area (Å²) in [5.41, 5.74) is 3.65. The Labute approximate surface area is 153 Å². The quantitative estimate of drug-likeness (QED) is 0.706. The first kappa shape index (κ1) is 17.0. The van der Waals surface area contributed by atoms with Gasteiger partial charge < -0.3 is 4.74 Å².